The number of rotatable bonds is 0. The first-order valence-electron chi connectivity index (χ1n) is 6.13. The third-order valence-corrected chi connectivity index (χ3v) is 2.99. The van der Waals surface area contributed by atoms with Crippen LogP contribution in [0.25, 0.3) is 10.9 Å². The molecule has 0 saturated carbocycles. The van der Waals surface area contributed by atoms with Crippen LogP contribution in [0.15, 0.2) is 60.8 Å². The molecule has 4 rings (SSSR count). The SMILES string of the molecule is O=C1Cc2ccccc2O1.c1ccc2[nH]ccc2c1. The van der Waals surface area contributed by atoms with Crippen LogP contribution in [0.1, 0.15) is 5.56 Å². The van der Waals surface area contributed by atoms with E-state index in [1.54, 1.807) is 6.07 Å². The first-order valence-corrected chi connectivity index (χ1v) is 6.13. The van der Waals surface area contributed by atoms with E-state index in [1.165, 1.54) is 10.9 Å². The van der Waals surface area contributed by atoms with Gasteiger partial charge in [-0.25, -0.2) is 0 Å². The molecule has 1 aliphatic rings. The van der Waals surface area contributed by atoms with Gasteiger partial charge in [0.15, 0.2) is 0 Å². The molecular formula is C16H13NO2. The molecule has 0 fully saturated rings. The lowest BCUT2D eigenvalue weighted by atomic mass is 10.2. The molecule has 94 valence electrons. The largest absolute Gasteiger partial charge is 0.426 e. The Hall–Kier alpha value is -2.55. The highest BCUT2D eigenvalue weighted by Crippen LogP contribution is 2.24. The summed E-state index contributed by atoms with van der Waals surface area (Å²) in [6.07, 6.45) is 2.38. The summed E-state index contributed by atoms with van der Waals surface area (Å²) in [6, 6.07) is 17.8. The Bertz CT molecular complexity index is 658. The third kappa shape index (κ3) is 2.50. The second-order valence-electron chi connectivity index (χ2n) is 4.32. The fourth-order valence-electron chi connectivity index (χ4n) is 2.06. The molecule has 2 heterocycles. The van der Waals surface area contributed by atoms with Gasteiger partial charge in [0.25, 0.3) is 0 Å². The quantitative estimate of drug-likeness (QED) is 0.492. The highest BCUT2D eigenvalue weighted by molar-refractivity contribution is 5.80. The van der Waals surface area contributed by atoms with Gasteiger partial charge in [-0.1, -0.05) is 36.4 Å². The van der Waals surface area contributed by atoms with E-state index in [9.17, 15) is 4.79 Å². The number of H-pyrrole nitrogens is 1. The molecule has 0 aliphatic carbocycles. The van der Waals surface area contributed by atoms with Crippen molar-refractivity contribution < 1.29 is 9.53 Å². The molecule has 0 saturated heterocycles. The number of hydrogen-bond acceptors (Lipinski definition) is 2. The summed E-state index contributed by atoms with van der Waals surface area (Å²) in [5, 5.41) is 1.28. The van der Waals surface area contributed by atoms with Crippen LogP contribution >= 0.6 is 0 Å². The van der Waals surface area contributed by atoms with Crippen LogP contribution in [0.5, 0.6) is 5.75 Å². The van der Waals surface area contributed by atoms with Crippen LogP contribution in [0.4, 0.5) is 0 Å². The maximum Gasteiger partial charge on any atom is 0.315 e. The molecule has 1 aliphatic heterocycles. The second-order valence-corrected chi connectivity index (χ2v) is 4.32. The molecule has 19 heavy (non-hydrogen) atoms. The first-order chi connectivity index (χ1) is 9.33. The molecule has 3 aromatic rings. The van der Waals surface area contributed by atoms with Gasteiger partial charge in [-0.2, -0.15) is 0 Å². The number of aromatic nitrogens is 1. The Kier molecular flexibility index (Phi) is 3.02. The Morgan fingerprint density at radius 1 is 0.947 bits per heavy atom. The topological polar surface area (TPSA) is 42.1 Å². The van der Waals surface area contributed by atoms with Crippen molar-refractivity contribution in [3.05, 3.63) is 66.4 Å². The number of aromatic amines is 1. The fraction of sp³-hybridized carbons (Fsp3) is 0.0625. The van der Waals surface area contributed by atoms with Crippen LogP contribution in [0.3, 0.4) is 0 Å². The van der Waals surface area contributed by atoms with Gasteiger partial charge in [0.2, 0.25) is 0 Å². The fourth-order valence-corrected chi connectivity index (χ4v) is 2.06. The van der Waals surface area contributed by atoms with Gasteiger partial charge in [-0.05, 0) is 23.6 Å². The number of carbonyl (C=O) groups excluding carboxylic acids is 1. The molecule has 2 aromatic carbocycles. The average Bonchev–Trinajstić information content (AvgIpc) is 3.03. The van der Waals surface area contributed by atoms with E-state index in [4.69, 9.17) is 4.74 Å². The standard InChI is InChI=1S/C8H7N.C8H6O2/c1-2-4-8-7(3-1)5-6-9-8;9-8-5-6-3-1-2-4-7(6)10-8/h1-6,9H;1-4H,5H2. The maximum atomic E-state index is 10.7. The van der Waals surface area contributed by atoms with Crippen molar-refractivity contribution in [2.45, 2.75) is 6.42 Å². The van der Waals surface area contributed by atoms with Crippen molar-refractivity contribution in [2.75, 3.05) is 0 Å². The lowest BCUT2D eigenvalue weighted by Gasteiger charge is -1.91. The molecule has 0 amide bonds. The minimum Gasteiger partial charge on any atom is -0.426 e. The lowest BCUT2D eigenvalue weighted by Crippen LogP contribution is -1.99. The van der Waals surface area contributed by atoms with Crippen LogP contribution in [0.2, 0.25) is 0 Å². The molecule has 0 spiro atoms. The van der Waals surface area contributed by atoms with Crippen LogP contribution < -0.4 is 4.74 Å². The molecule has 0 radical (unpaired) electrons. The van der Waals surface area contributed by atoms with Gasteiger partial charge in [0, 0.05) is 17.3 Å². The van der Waals surface area contributed by atoms with E-state index < -0.39 is 0 Å². The Labute approximate surface area is 110 Å². The van der Waals surface area contributed by atoms with E-state index in [1.807, 2.05) is 36.5 Å². The molecular weight excluding hydrogens is 238 g/mol. The number of benzene rings is 2. The third-order valence-electron chi connectivity index (χ3n) is 2.99. The number of nitrogens with one attached hydrogen (secondary N) is 1. The zero-order valence-corrected chi connectivity index (χ0v) is 10.3. The van der Waals surface area contributed by atoms with Gasteiger partial charge in [-0.3, -0.25) is 4.79 Å². The molecule has 0 unspecified atom stereocenters. The summed E-state index contributed by atoms with van der Waals surface area (Å²) in [4.78, 5) is 13.8. The van der Waals surface area contributed by atoms with Crippen molar-refractivity contribution >= 4 is 16.9 Å². The highest BCUT2D eigenvalue weighted by Gasteiger charge is 2.18. The summed E-state index contributed by atoms with van der Waals surface area (Å²) in [5.41, 5.74) is 2.20. The van der Waals surface area contributed by atoms with E-state index in [2.05, 4.69) is 23.2 Å². The van der Waals surface area contributed by atoms with E-state index >= 15 is 0 Å². The minimum atomic E-state index is -0.152. The van der Waals surface area contributed by atoms with Gasteiger partial charge < -0.3 is 9.72 Å². The van der Waals surface area contributed by atoms with Crippen molar-refractivity contribution in [1.82, 2.24) is 4.98 Å². The summed E-state index contributed by atoms with van der Waals surface area (Å²) in [6.45, 7) is 0. The number of para-hydroxylation sites is 2. The molecule has 3 nitrogen and oxygen atoms in total. The number of hydrogen-bond donors (Lipinski definition) is 1. The Balaban J connectivity index is 0.000000117. The summed E-state index contributed by atoms with van der Waals surface area (Å²) in [5.74, 6) is 0.564. The smallest absolute Gasteiger partial charge is 0.315 e. The van der Waals surface area contributed by atoms with Gasteiger partial charge >= 0.3 is 5.97 Å². The maximum absolute atomic E-state index is 10.7. The monoisotopic (exact) mass is 251 g/mol. The molecule has 0 bridgehead atoms. The van der Waals surface area contributed by atoms with Gasteiger partial charge in [0.05, 0.1) is 6.42 Å². The number of fused-ring (bicyclic) bond motifs is 2. The molecule has 3 heteroatoms. The van der Waals surface area contributed by atoms with Crippen LogP contribution in [-0.2, 0) is 11.2 Å². The van der Waals surface area contributed by atoms with Gasteiger partial charge in [-0.15, -0.1) is 0 Å². The van der Waals surface area contributed by atoms with Crippen LogP contribution in [0, 0.1) is 0 Å². The zero-order chi connectivity index (χ0) is 13.1. The first kappa shape index (κ1) is 11.5. The summed E-state index contributed by atoms with van der Waals surface area (Å²) >= 11 is 0. The zero-order valence-electron chi connectivity index (χ0n) is 10.3. The Morgan fingerprint density at radius 3 is 2.58 bits per heavy atom. The normalized spacial score (nSPS) is 12.5. The molecule has 0 atom stereocenters. The van der Waals surface area contributed by atoms with E-state index in [-0.39, 0.29) is 5.97 Å². The predicted octanol–water partition coefficient (Wildman–Crippen LogP) is 3.32. The average molecular weight is 251 g/mol. The van der Waals surface area contributed by atoms with Crippen LogP contribution in [-0.4, -0.2) is 11.0 Å². The van der Waals surface area contributed by atoms with Gasteiger partial charge in [0.1, 0.15) is 5.75 Å². The number of ether oxygens (including phenoxy) is 1. The number of esters is 1. The van der Waals surface area contributed by atoms with E-state index in [0.29, 0.717) is 12.2 Å². The predicted molar refractivity (Wildman–Crippen MR) is 74.1 cm³/mol. The Morgan fingerprint density at radius 2 is 1.74 bits per heavy atom. The lowest BCUT2D eigenvalue weighted by molar-refractivity contribution is -0.131. The highest BCUT2D eigenvalue weighted by atomic mass is 16.5. The van der Waals surface area contributed by atoms with E-state index in [0.717, 1.165) is 5.56 Å². The molecule has 1 N–H and O–H groups in total. The summed E-state index contributed by atoms with van der Waals surface area (Å²) < 4.78 is 4.87. The number of carbonyl (C=O) groups is 1. The second kappa shape index (κ2) is 4.98. The van der Waals surface area contributed by atoms with Crippen molar-refractivity contribution in [1.29, 1.82) is 0 Å². The van der Waals surface area contributed by atoms with Crippen molar-refractivity contribution in [3.63, 3.8) is 0 Å². The minimum absolute atomic E-state index is 0.152. The van der Waals surface area contributed by atoms with Crippen molar-refractivity contribution in [2.24, 2.45) is 0 Å². The van der Waals surface area contributed by atoms with Crippen molar-refractivity contribution in [3.8, 4) is 5.75 Å². The molecule has 1 aromatic heterocycles. The summed E-state index contributed by atoms with van der Waals surface area (Å²) in [7, 11) is 0.